The first kappa shape index (κ1) is 18.3. The second-order valence-corrected chi connectivity index (χ2v) is 8.61. The van der Waals surface area contributed by atoms with E-state index in [-0.39, 0.29) is 11.5 Å². The van der Waals surface area contributed by atoms with E-state index in [0.717, 1.165) is 27.6 Å². The first-order valence-corrected chi connectivity index (χ1v) is 10.6. The fourth-order valence-electron chi connectivity index (χ4n) is 3.17. The number of rotatable bonds is 6. The van der Waals surface area contributed by atoms with Crippen molar-refractivity contribution < 1.29 is 17.6 Å². The van der Waals surface area contributed by atoms with Crippen LogP contribution in [0, 0.1) is 0 Å². The molecule has 0 N–H and O–H groups in total. The second-order valence-electron chi connectivity index (χ2n) is 6.54. The summed E-state index contributed by atoms with van der Waals surface area (Å²) in [6.45, 7) is 0. The van der Waals surface area contributed by atoms with Gasteiger partial charge in [-0.2, -0.15) is 0 Å². The molecule has 4 rings (SSSR count). The number of fused-ring (bicyclic) bond motifs is 1. The Bertz CT molecular complexity index is 1210. The zero-order chi connectivity index (χ0) is 19.6. The van der Waals surface area contributed by atoms with Crippen LogP contribution in [-0.4, -0.2) is 20.5 Å². The van der Waals surface area contributed by atoms with Gasteiger partial charge in [0.25, 0.3) is 0 Å². The van der Waals surface area contributed by atoms with Gasteiger partial charge in [-0.05, 0) is 40.6 Å². The number of hydrogen-bond acceptors (Lipinski definition) is 5. The highest BCUT2D eigenvalue weighted by molar-refractivity contribution is 7.89. The maximum Gasteiger partial charge on any atom is 0.226 e. The summed E-state index contributed by atoms with van der Waals surface area (Å²) in [4.78, 5) is 4.34. The molecule has 1 heterocycles. The molecule has 3 aromatic carbocycles. The average molecular weight is 393 g/mol. The summed E-state index contributed by atoms with van der Waals surface area (Å²) in [6.07, 6.45) is 1.40. The molecule has 28 heavy (non-hydrogen) atoms. The van der Waals surface area contributed by atoms with Gasteiger partial charge in [0.2, 0.25) is 5.89 Å². The highest BCUT2D eigenvalue weighted by Crippen LogP contribution is 2.24. The van der Waals surface area contributed by atoms with E-state index in [1.165, 1.54) is 6.26 Å². The maximum absolute atomic E-state index is 12.7. The van der Waals surface area contributed by atoms with Gasteiger partial charge in [0, 0.05) is 5.56 Å². The highest BCUT2D eigenvalue weighted by atomic mass is 32.2. The molecule has 6 heteroatoms. The van der Waals surface area contributed by atoms with Crippen molar-refractivity contribution >= 4 is 20.6 Å². The molecule has 0 unspecified atom stereocenters. The number of hydrogen-bond donors (Lipinski definition) is 0. The first-order chi connectivity index (χ1) is 13.5. The molecule has 0 saturated carbocycles. The van der Waals surface area contributed by atoms with Crippen LogP contribution in [0.4, 0.5) is 0 Å². The third-order valence-electron chi connectivity index (χ3n) is 4.51. The van der Waals surface area contributed by atoms with Crippen LogP contribution in [0.2, 0.25) is 0 Å². The monoisotopic (exact) mass is 393 g/mol. The van der Waals surface area contributed by atoms with E-state index >= 15 is 0 Å². The largest absolute Gasteiger partial charge is 0.497 e. The van der Waals surface area contributed by atoms with Gasteiger partial charge in [0.1, 0.15) is 12.0 Å². The molecule has 0 bridgehead atoms. The zero-order valence-corrected chi connectivity index (χ0v) is 16.1. The Morgan fingerprint density at radius 1 is 0.929 bits per heavy atom. The van der Waals surface area contributed by atoms with E-state index in [1.54, 1.807) is 19.2 Å². The average Bonchev–Trinajstić information content (AvgIpc) is 3.16. The Hall–Kier alpha value is -3.12. The van der Waals surface area contributed by atoms with E-state index in [1.807, 2.05) is 54.6 Å². The van der Waals surface area contributed by atoms with Crippen LogP contribution >= 0.6 is 0 Å². The first-order valence-electron chi connectivity index (χ1n) is 8.80. The van der Waals surface area contributed by atoms with Crippen molar-refractivity contribution in [2.75, 3.05) is 7.11 Å². The molecule has 0 fully saturated rings. The number of ether oxygens (including phenoxy) is 1. The smallest absolute Gasteiger partial charge is 0.226 e. The fraction of sp³-hybridized carbons (Fsp3) is 0.136. The molecule has 0 saturated heterocycles. The number of oxazole rings is 1. The third-order valence-corrected chi connectivity index (χ3v) is 6.00. The van der Waals surface area contributed by atoms with Crippen LogP contribution in [-0.2, 0) is 21.3 Å². The highest BCUT2D eigenvalue weighted by Gasteiger charge is 2.18. The van der Waals surface area contributed by atoms with Crippen molar-refractivity contribution in [2.24, 2.45) is 0 Å². The Labute approximate surface area is 163 Å². The summed E-state index contributed by atoms with van der Waals surface area (Å²) in [5.41, 5.74) is 1.95. The van der Waals surface area contributed by atoms with Crippen LogP contribution in [0.5, 0.6) is 5.75 Å². The van der Waals surface area contributed by atoms with Crippen LogP contribution < -0.4 is 4.74 Å². The molecule has 0 radical (unpaired) electrons. The number of nitrogens with zero attached hydrogens (tertiary/aromatic N) is 1. The van der Waals surface area contributed by atoms with Crippen molar-refractivity contribution in [1.82, 2.24) is 4.98 Å². The van der Waals surface area contributed by atoms with Crippen LogP contribution in [0.15, 0.2) is 77.4 Å². The summed E-state index contributed by atoms with van der Waals surface area (Å²) in [5.74, 6) is 0.904. The molecule has 0 spiro atoms. The Morgan fingerprint density at radius 3 is 2.46 bits per heavy atom. The zero-order valence-electron chi connectivity index (χ0n) is 15.3. The molecular weight excluding hydrogens is 374 g/mol. The van der Waals surface area contributed by atoms with Gasteiger partial charge in [-0.1, -0.05) is 42.5 Å². The molecule has 0 aliphatic rings. The predicted molar refractivity (Wildman–Crippen MR) is 109 cm³/mol. The minimum absolute atomic E-state index is 0.0426. The van der Waals surface area contributed by atoms with E-state index in [9.17, 15) is 8.42 Å². The summed E-state index contributed by atoms with van der Waals surface area (Å²) < 4.78 is 36.1. The van der Waals surface area contributed by atoms with Gasteiger partial charge >= 0.3 is 0 Å². The molecule has 0 amide bonds. The lowest BCUT2D eigenvalue weighted by Crippen LogP contribution is -2.08. The SMILES string of the molecule is COc1ccc(-c2nc(CS(=O)(=O)Cc3cccc4ccccc34)co2)cc1. The van der Waals surface area contributed by atoms with Crippen LogP contribution in [0.1, 0.15) is 11.3 Å². The van der Waals surface area contributed by atoms with E-state index < -0.39 is 9.84 Å². The van der Waals surface area contributed by atoms with E-state index in [0.29, 0.717) is 11.6 Å². The Morgan fingerprint density at radius 2 is 1.68 bits per heavy atom. The molecular formula is C22H19NO4S. The number of benzene rings is 3. The van der Waals surface area contributed by atoms with E-state index in [4.69, 9.17) is 9.15 Å². The lowest BCUT2D eigenvalue weighted by atomic mass is 10.1. The molecule has 1 aromatic heterocycles. The topological polar surface area (TPSA) is 69.4 Å². The van der Waals surface area contributed by atoms with Gasteiger partial charge < -0.3 is 9.15 Å². The summed E-state index contributed by atoms with van der Waals surface area (Å²) in [7, 11) is -1.80. The summed E-state index contributed by atoms with van der Waals surface area (Å²) in [5, 5.41) is 1.98. The fourth-order valence-corrected chi connectivity index (χ4v) is 4.58. The molecule has 0 aliphatic heterocycles. The molecule has 0 atom stereocenters. The standard InChI is InChI=1S/C22H19NO4S/c1-26-20-11-9-17(10-12-20)22-23-19(13-27-22)15-28(24,25)14-18-7-4-6-16-5-2-3-8-21(16)18/h2-13H,14-15H2,1H3. The Kier molecular flexibility index (Phi) is 4.88. The van der Waals surface area contributed by atoms with Crippen molar-refractivity contribution in [1.29, 1.82) is 0 Å². The molecule has 142 valence electrons. The lowest BCUT2D eigenvalue weighted by Gasteiger charge is -2.07. The number of methoxy groups -OCH3 is 1. The second kappa shape index (κ2) is 7.48. The van der Waals surface area contributed by atoms with Gasteiger partial charge in [0.05, 0.1) is 24.3 Å². The van der Waals surface area contributed by atoms with Crippen molar-refractivity contribution in [2.45, 2.75) is 11.5 Å². The number of sulfone groups is 1. The third kappa shape index (κ3) is 3.92. The normalized spacial score (nSPS) is 11.6. The number of aromatic nitrogens is 1. The van der Waals surface area contributed by atoms with Gasteiger partial charge in [-0.3, -0.25) is 0 Å². The molecule has 4 aromatic rings. The van der Waals surface area contributed by atoms with Gasteiger partial charge in [-0.25, -0.2) is 13.4 Å². The predicted octanol–water partition coefficient (Wildman–Crippen LogP) is 4.62. The minimum atomic E-state index is -3.40. The Balaban J connectivity index is 1.54. The lowest BCUT2D eigenvalue weighted by molar-refractivity contribution is 0.415. The van der Waals surface area contributed by atoms with Crippen molar-refractivity contribution in [3.8, 4) is 17.2 Å². The van der Waals surface area contributed by atoms with Crippen LogP contribution in [0.25, 0.3) is 22.2 Å². The summed E-state index contributed by atoms with van der Waals surface area (Å²) >= 11 is 0. The summed E-state index contributed by atoms with van der Waals surface area (Å²) in [6, 6.07) is 20.7. The molecule has 0 aliphatic carbocycles. The van der Waals surface area contributed by atoms with Crippen molar-refractivity contribution in [3.05, 3.63) is 84.3 Å². The maximum atomic E-state index is 12.7. The van der Waals surface area contributed by atoms with Gasteiger partial charge in [-0.15, -0.1) is 0 Å². The minimum Gasteiger partial charge on any atom is -0.497 e. The molecule has 5 nitrogen and oxygen atoms in total. The van der Waals surface area contributed by atoms with Crippen LogP contribution in [0.3, 0.4) is 0 Å². The van der Waals surface area contributed by atoms with Gasteiger partial charge in [0.15, 0.2) is 9.84 Å². The van der Waals surface area contributed by atoms with E-state index in [2.05, 4.69) is 4.98 Å². The quantitative estimate of drug-likeness (QED) is 0.478. The van der Waals surface area contributed by atoms with Crippen molar-refractivity contribution in [3.63, 3.8) is 0 Å².